The Morgan fingerprint density at radius 3 is 2.37 bits per heavy atom. The first-order valence-corrected chi connectivity index (χ1v) is 9.32. The molecule has 1 N–H and O–H groups in total. The van der Waals surface area contributed by atoms with E-state index in [1.807, 2.05) is 0 Å². The normalized spacial score (nSPS) is 11.3. The minimum absolute atomic E-state index is 0.403. The summed E-state index contributed by atoms with van der Waals surface area (Å²) in [5.74, 6) is -7.42. The number of ether oxygens (including phenoxy) is 1. The van der Waals surface area contributed by atoms with Crippen molar-refractivity contribution in [2.45, 2.75) is 5.76 Å². The Balaban J connectivity index is 2.60. The fraction of sp³-hybridized carbons (Fsp3) is 0.154. The van der Waals surface area contributed by atoms with Crippen LogP contribution in [0.3, 0.4) is 0 Å². The van der Waals surface area contributed by atoms with Crippen molar-refractivity contribution in [1.29, 1.82) is 0 Å². The molecule has 1 aromatic heterocycles. The van der Waals surface area contributed by atoms with Crippen molar-refractivity contribution < 1.29 is 35.9 Å². The Bertz CT molecular complexity index is 1020. The second kappa shape index (κ2) is 8.12. The lowest BCUT2D eigenvalue weighted by Crippen LogP contribution is -2.23. The molecule has 0 amide bonds. The van der Waals surface area contributed by atoms with Crippen LogP contribution in [-0.4, -0.2) is 45.8 Å². The van der Waals surface area contributed by atoms with E-state index in [0.717, 1.165) is 25.3 Å². The number of alkyl halides is 2. The number of carbonyl (C=O) groups is 2. The van der Waals surface area contributed by atoms with E-state index in [2.05, 4.69) is 15.0 Å². The molecule has 0 aliphatic heterocycles. The predicted molar refractivity (Wildman–Crippen MR) is 93.1 cm³/mol. The number of hydrogen-bond donors (Lipinski definition) is 1. The molecule has 9 nitrogen and oxygen atoms in total. The second-order valence-electron chi connectivity index (χ2n) is 4.64. The van der Waals surface area contributed by atoms with E-state index in [1.165, 1.54) is 27.3 Å². The summed E-state index contributed by atoms with van der Waals surface area (Å²) in [5.41, 5.74) is -1.66. The van der Waals surface area contributed by atoms with Crippen LogP contribution in [0.2, 0.25) is 0 Å². The van der Waals surface area contributed by atoms with Crippen LogP contribution in [0, 0.1) is 5.82 Å². The van der Waals surface area contributed by atoms with Gasteiger partial charge in [-0.05, 0) is 12.1 Å². The summed E-state index contributed by atoms with van der Waals surface area (Å²) in [5, 5.41) is 0. The zero-order valence-electron chi connectivity index (χ0n) is 13.1. The first kappa shape index (κ1) is 20.9. The molecule has 0 fully saturated rings. The number of aromatic nitrogens is 3. The monoisotopic (exact) mass is 516 g/mol. The van der Waals surface area contributed by atoms with Gasteiger partial charge in [0.25, 0.3) is 13.8 Å². The Morgan fingerprint density at radius 2 is 1.81 bits per heavy atom. The molecule has 1 aromatic carbocycles. The van der Waals surface area contributed by atoms with Gasteiger partial charge in [-0.3, -0.25) is 14.3 Å². The van der Waals surface area contributed by atoms with E-state index in [9.17, 15) is 31.2 Å². The van der Waals surface area contributed by atoms with Gasteiger partial charge in [0.1, 0.15) is 5.82 Å². The van der Waals surface area contributed by atoms with Crippen LogP contribution in [0.15, 0.2) is 18.2 Å². The minimum atomic E-state index is -5.26. The molecule has 2 aromatic rings. The Kier molecular flexibility index (Phi) is 6.30. The largest absolute Gasteiger partial charge is 0.467 e. The van der Waals surface area contributed by atoms with Gasteiger partial charge in [-0.15, -0.1) is 0 Å². The highest BCUT2D eigenvalue weighted by atomic mass is 127. The van der Waals surface area contributed by atoms with Crippen LogP contribution in [0.25, 0.3) is 0 Å². The molecular weight excluding hydrogens is 508 g/mol. The van der Waals surface area contributed by atoms with E-state index in [-0.39, 0.29) is 0 Å². The highest BCUT2D eigenvalue weighted by molar-refractivity contribution is 14.1. The fourth-order valence-electron chi connectivity index (χ4n) is 1.76. The van der Waals surface area contributed by atoms with Crippen molar-refractivity contribution in [3.63, 3.8) is 0 Å². The quantitative estimate of drug-likeness (QED) is 0.335. The highest BCUT2D eigenvalue weighted by Gasteiger charge is 2.29. The van der Waals surface area contributed by atoms with Crippen LogP contribution in [-0.2, 0) is 10.0 Å². The van der Waals surface area contributed by atoms with Gasteiger partial charge in [-0.2, -0.15) is 18.7 Å². The van der Waals surface area contributed by atoms with Crippen LogP contribution in [0.1, 0.15) is 26.8 Å². The lowest BCUT2D eigenvalue weighted by molar-refractivity contribution is 0.102. The number of methoxy groups -OCH3 is 1. The number of hydrogen-bond acceptors (Lipinski definition) is 8. The van der Waals surface area contributed by atoms with Crippen molar-refractivity contribution in [2.75, 3.05) is 11.8 Å². The van der Waals surface area contributed by atoms with E-state index < -0.39 is 60.1 Å². The number of anilines is 1. The number of para-hydroxylation sites is 1. The summed E-state index contributed by atoms with van der Waals surface area (Å²) >= 11 is 1.34. The molecule has 0 saturated carbocycles. The lowest BCUT2D eigenvalue weighted by atomic mass is 10.1. The maximum atomic E-state index is 14.0. The molecule has 0 atom stereocenters. The van der Waals surface area contributed by atoms with Crippen LogP contribution < -0.4 is 9.46 Å². The molecule has 0 aliphatic rings. The molecule has 0 radical (unpaired) electrons. The van der Waals surface area contributed by atoms with Crippen LogP contribution in [0.5, 0.6) is 6.01 Å². The average molecular weight is 516 g/mol. The summed E-state index contributed by atoms with van der Waals surface area (Å²) in [6.45, 7) is 0. The van der Waals surface area contributed by atoms with Gasteiger partial charge < -0.3 is 4.74 Å². The molecule has 27 heavy (non-hydrogen) atoms. The van der Waals surface area contributed by atoms with E-state index >= 15 is 0 Å². The SMILES string of the molecule is COc1nc(C(=O)I)nc(C(=O)c2cccc(F)c2NS(=O)(=O)C(F)F)n1. The third-order valence-electron chi connectivity index (χ3n) is 2.91. The van der Waals surface area contributed by atoms with E-state index in [4.69, 9.17) is 4.74 Å². The third kappa shape index (κ3) is 4.68. The van der Waals surface area contributed by atoms with Crippen molar-refractivity contribution in [2.24, 2.45) is 0 Å². The molecule has 0 bridgehead atoms. The highest BCUT2D eigenvalue weighted by Crippen LogP contribution is 2.25. The maximum Gasteiger partial charge on any atom is 0.355 e. The van der Waals surface area contributed by atoms with E-state index in [0.29, 0.717) is 0 Å². The topological polar surface area (TPSA) is 128 Å². The molecule has 0 unspecified atom stereocenters. The first-order chi connectivity index (χ1) is 12.6. The number of ketones is 1. The van der Waals surface area contributed by atoms with Crippen LogP contribution >= 0.6 is 22.6 Å². The zero-order chi connectivity index (χ0) is 20.4. The number of rotatable bonds is 7. The van der Waals surface area contributed by atoms with Gasteiger partial charge in [-0.25, -0.2) is 17.8 Å². The number of nitrogens with one attached hydrogen (secondary N) is 1. The third-order valence-corrected chi connectivity index (χ3v) is 4.35. The molecular formula is C13H8F3IN4O5S. The Labute approximate surface area is 163 Å². The Hall–Kier alpha value is -2.36. The minimum Gasteiger partial charge on any atom is -0.467 e. The van der Waals surface area contributed by atoms with Gasteiger partial charge in [0.2, 0.25) is 17.4 Å². The molecule has 14 heteroatoms. The fourth-order valence-corrected chi connectivity index (χ4v) is 2.58. The number of carbonyl (C=O) groups excluding carboxylic acids is 2. The molecule has 0 aliphatic carbocycles. The number of sulfonamides is 1. The van der Waals surface area contributed by atoms with Crippen molar-refractivity contribution in [1.82, 2.24) is 15.0 Å². The summed E-state index contributed by atoms with van der Waals surface area (Å²) in [6, 6.07) is 2.37. The molecule has 0 spiro atoms. The van der Waals surface area contributed by atoms with Gasteiger partial charge >= 0.3 is 11.8 Å². The van der Waals surface area contributed by atoms with Gasteiger partial charge in [0, 0.05) is 22.6 Å². The molecule has 0 saturated heterocycles. The number of nitrogens with zero attached hydrogens (tertiary/aromatic N) is 3. The molecule has 1 heterocycles. The lowest BCUT2D eigenvalue weighted by Gasteiger charge is -2.12. The standard InChI is InChI=1S/C13H8F3IN4O5S/c1-26-13-19-10(18-11(20-13)9(17)23)8(22)5-3-2-4-6(14)7(5)21-27(24,25)12(15)16/h2-4,12,21H,1H3. The number of halogens is 4. The second-order valence-corrected chi connectivity index (χ2v) is 7.27. The summed E-state index contributed by atoms with van der Waals surface area (Å²) in [4.78, 5) is 34.9. The number of benzene rings is 1. The molecule has 144 valence electrons. The van der Waals surface area contributed by atoms with Crippen LogP contribution in [0.4, 0.5) is 18.9 Å². The zero-order valence-corrected chi connectivity index (χ0v) is 16.1. The van der Waals surface area contributed by atoms with E-state index in [1.54, 1.807) is 0 Å². The summed E-state index contributed by atoms with van der Waals surface area (Å²) < 4.78 is 67.3. The van der Waals surface area contributed by atoms with Gasteiger partial charge in [-0.1, -0.05) is 6.07 Å². The van der Waals surface area contributed by atoms with Gasteiger partial charge in [0.05, 0.1) is 18.4 Å². The Morgan fingerprint density at radius 1 is 1.19 bits per heavy atom. The van der Waals surface area contributed by atoms with Crippen molar-refractivity contribution >= 4 is 47.9 Å². The van der Waals surface area contributed by atoms with Crippen molar-refractivity contribution in [3.05, 3.63) is 41.2 Å². The maximum absolute atomic E-state index is 14.0. The smallest absolute Gasteiger partial charge is 0.355 e. The summed E-state index contributed by atoms with van der Waals surface area (Å²) in [6.07, 6.45) is 0. The average Bonchev–Trinajstić information content (AvgIpc) is 2.62. The van der Waals surface area contributed by atoms with Gasteiger partial charge in [0.15, 0.2) is 0 Å². The first-order valence-electron chi connectivity index (χ1n) is 6.69. The predicted octanol–water partition coefficient (Wildman–Crippen LogP) is 1.79. The molecule has 2 rings (SSSR count). The summed E-state index contributed by atoms with van der Waals surface area (Å²) in [7, 11) is -4.11. The van der Waals surface area contributed by atoms with Crippen molar-refractivity contribution in [3.8, 4) is 6.01 Å².